The molecular formula is C40H41Cl2FZr-2. The summed E-state index contributed by atoms with van der Waals surface area (Å²) in [6.07, 6.45) is 7.13. The van der Waals surface area contributed by atoms with Crippen molar-refractivity contribution < 1.29 is 53.4 Å². The minimum Gasteiger partial charge on any atom is -1.00 e. The normalized spacial score (nSPS) is 15.4. The van der Waals surface area contributed by atoms with Crippen LogP contribution in [0.25, 0.3) is 22.3 Å². The van der Waals surface area contributed by atoms with Crippen molar-refractivity contribution >= 4 is 14.9 Å². The molecule has 3 aliphatic carbocycles. The molecule has 4 aromatic rings. The molecule has 0 atom stereocenters. The summed E-state index contributed by atoms with van der Waals surface area (Å²) in [4.78, 5) is 0. The molecule has 0 spiro atoms. The Kier molecular flexibility index (Phi) is 11.2. The number of fused-ring (bicyclic) bond motifs is 5. The van der Waals surface area contributed by atoms with Crippen LogP contribution < -0.4 is 24.8 Å². The smallest absolute Gasteiger partial charge is 1.00 e. The fraction of sp³-hybridized carbons (Fsp3) is 0.300. The van der Waals surface area contributed by atoms with Crippen molar-refractivity contribution in [3.63, 3.8) is 0 Å². The first kappa shape index (κ1) is 36.2. The second kappa shape index (κ2) is 13.6. The molecule has 0 N–H and O–H groups in total. The maximum atomic E-state index is 12.2. The molecule has 0 aromatic heterocycles. The number of allylic oxidation sites excluding steroid dienone is 4. The van der Waals surface area contributed by atoms with Gasteiger partial charge in [-0.05, 0) is 58.4 Å². The van der Waals surface area contributed by atoms with Crippen LogP contribution in [-0.2, 0) is 41.5 Å². The minimum atomic E-state index is -0.170. The van der Waals surface area contributed by atoms with E-state index in [4.69, 9.17) is 0 Å². The average molecular weight is 703 g/mol. The molecule has 7 rings (SSSR count). The zero-order valence-corrected chi connectivity index (χ0v) is 31.2. The van der Waals surface area contributed by atoms with Crippen LogP contribution in [-0.4, -0.2) is 3.71 Å². The second-order valence-electron chi connectivity index (χ2n) is 13.3. The van der Waals surface area contributed by atoms with Crippen LogP contribution >= 0.6 is 0 Å². The van der Waals surface area contributed by atoms with Gasteiger partial charge in [0.05, 0.1) is 0 Å². The summed E-state index contributed by atoms with van der Waals surface area (Å²) in [5.74, 6) is -0.170. The van der Waals surface area contributed by atoms with Crippen molar-refractivity contribution in [2.45, 2.75) is 79.6 Å². The van der Waals surface area contributed by atoms with E-state index in [-0.39, 0.29) is 41.5 Å². The number of halogens is 3. The van der Waals surface area contributed by atoms with Crippen molar-refractivity contribution in [2.75, 3.05) is 0 Å². The first-order valence-corrected chi connectivity index (χ1v) is 16.3. The standard InChI is InChI=1S/C25H25.C8H11.C7H5F.2ClH.Zr/c1-14-12-24(3,4)22-8-16-7-17-9-23-19(15(2)13-25(23,5)6)11-21(17)20(16)10-18(14)22;1-6-4-7(2)8(3)5-6;1-6-2-4-7(8)5-3-6;;;/h8-12H,7H2,1-6H3;4-5H,1-3H3;1-5H;2*1H;/q2*-1;;;;+2/p-2. The zero-order valence-electron chi connectivity index (χ0n) is 27.3. The van der Waals surface area contributed by atoms with Crippen molar-refractivity contribution in [3.05, 3.63) is 134 Å². The van der Waals surface area contributed by atoms with Crippen LogP contribution in [0.1, 0.15) is 97.2 Å². The third kappa shape index (κ3) is 7.09. The fourth-order valence-electron chi connectivity index (χ4n) is 6.79. The molecule has 3 aliphatic rings. The zero-order chi connectivity index (χ0) is 30.6. The van der Waals surface area contributed by atoms with Gasteiger partial charge in [0.15, 0.2) is 0 Å². The largest absolute Gasteiger partial charge is 1.00 e. The van der Waals surface area contributed by atoms with Gasteiger partial charge in [0.1, 0.15) is 0 Å². The number of hydrogen-bond donors (Lipinski definition) is 0. The van der Waals surface area contributed by atoms with E-state index in [1.165, 1.54) is 109 Å². The Labute approximate surface area is 291 Å². The third-order valence-electron chi connectivity index (χ3n) is 8.98. The SMILES string of the molecule is CC1=[C-]C(C)(C)c2cc3c(cc21)-c1cc2c(cc1C3)C(C)(C)C=C2C.Cc1cc(C)c(C)[cH-]1.Fc1ccc([CH]=[Zr+2])cc1.[Cl-].[Cl-]. The van der Waals surface area contributed by atoms with Gasteiger partial charge < -0.3 is 24.8 Å². The molecule has 0 nitrogen and oxygen atoms in total. The van der Waals surface area contributed by atoms with Crippen LogP contribution in [0, 0.1) is 32.7 Å². The Balaban J connectivity index is 0.000000231. The molecule has 44 heavy (non-hydrogen) atoms. The average Bonchev–Trinajstić information content (AvgIpc) is 3.57. The Hall–Kier alpha value is -2.25. The first-order chi connectivity index (χ1) is 19.7. The topological polar surface area (TPSA) is 0 Å². The van der Waals surface area contributed by atoms with E-state index in [0.29, 0.717) is 0 Å². The summed E-state index contributed by atoms with van der Waals surface area (Å²) in [7, 11) is 0. The monoisotopic (exact) mass is 700 g/mol. The first-order valence-electron chi connectivity index (χ1n) is 14.8. The predicted molar refractivity (Wildman–Crippen MR) is 175 cm³/mol. The van der Waals surface area contributed by atoms with Gasteiger partial charge in [-0.3, -0.25) is 6.08 Å². The van der Waals surface area contributed by atoms with E-state index >= 15 is 0 Å². The van der Waals surface area contributed by atoms with Crippen LogP contribution in [0.3, 0.4) is 0 Å². The molecule has 0 radical (unpaired) electrons. The van der Waals surface area contributed by atoms with Crippen LogP contribution in [0.4, 0.5) is 4.39 Å². The third-order valence-corrected chi connectivity index (χ3v) is 9.80. The van der Waals surface area contributed by atoms with Gasteiger partial charge in [-0.25, -0.2) is 11.6 Å². The van der Waals surface area contributed by atoms with E-state index in [9.17, 15) is 4.39 Å². The van der Waals surface area contributed by atoms with Crippen molar-refractivity contribution in [1.29, 1.82) is 0 Å². The molecule has 0 fully saturated rings. The Morgan fingerprint density at radius 2 is 1.34 bits per heavy atom. The summed E-state index contributed by atoms with van der Waals surface area (Å²) < 4.78 is 14.2. The number of rotatable bonds is 1. The van der Waals surface area contributed by atoms with Gasteiger partial charge >= 0.3 is 68.0 Å². The summed E-state index contributed by atoms with van der Waals surface area (Å²) in [6.45, 7) is 20.1. The fourth-order valence-corrected chi connectivity index (χ4v) is 7.26. The van der Waals surface area contributed by atoms with Crippen molar-refractivity contribution in [2.24, 2.45) is 0 Å². The molecule has 0 aliphatic heterocycles. The summed E-state index contributed by atoms with van der Waals surface area (Å²) in [5.41, 5.74) is 19.8. The quantitative estimate of drug-likeness (QED) is 0.229. The maximum absolute atomic E-state index is 12.2. The predicted octanol–water partition coefficient (Wildman–Crippen LogP) is 4.31. The van der Waals surface area contributed by atoms with E-state index < -0.39 is 0 Å². The molecule has 0 saturated carbocycles. The number of aryl methyl sites for hydroxylation is 3. The van der Waals surface area contributed by atoms with E-state index in [1.54, 1.807) is 12.1 Å². The molecule has 0 unspecified atom stereocenters. The van der Waals surface area contributed by atoms with Crippen LogP contribution in [0.2, 0.25) is 0 Å². The molecule has 0 heterocycles. The molecule has 4 heteroatoms. The Bertz CT molecular complexity index is 1660. The Morgan fingerprint density at radius 3 is 1.84 bits per heavy atom. The number of hydrogen-bond acceptors (Lipinski definition) is 0. The Morgan fingerprint density at radius 1 is 0.773 bits per heavy atom. The van der Waals surface area contributed by atoms with Crippen LogP contribution in [0.5, 0.6) is 0 Å². The summed E-state index contributed by atoms with van der Waals surface area (Å²) >= 11 is 1.34. The van der Waals surface area contributed by atoms with Gasteiger partial charge in [-0.15, -0.1) is 11.6 Å². The molecule has 0 bridgehead atoms. The molecular weight excluding hydrogens is 662 g/mol. The van der Waals surface area contributed by atoms with Crippen molar-refractivity contribution in [3.8, 4) is 11.1 Å². The van der Waals surface area contributed by atoms with Gasteiger partial charge in [-0.2, -0.15) is 28.3 Å². The van der Waals surface area contributed by atoms with Gasteiger partial charge in [0.2, 0.25) is 0 Å². The molecule has 4 aromatic carbocycles. The molecule has 0 saturated heterocycles. The van der Waals surface area contributed by atoms with E-state index in [2.05, 4.69) is 111 Å². The van der Waals surface area contributed by atoms with Crippen molar-refractivity contribution in [1.82, 2.24) is 0 Å². The molecule has 0 amide bonds. The van der Waals surface area contributed by atoms with E-state index in [1.807, 2.05) is 3.71 Å². The van der Waals surface area contributed by atoms with Gasteiger partial charge in [0, 0.05) is 5.41 Å². The van der Waals surface area contributed by atoms with Gasteiger partial charge in [0.25, 0.3) is 0 Å². The second-order valence-corrected chi connectivity index (χ2v) is 14.0. The van der Waals surface area contributed by atoms with Gasteiger partial charge in [-0.1, -0.05) is 79.0 Å². The minimum absolute atomic E-state index is 0. The maximum Gasteiger partial charge on any atom is -1.00 e. The van der Waals surface area contributed by atoms with Crippen LogP contribution in [0.15, 0.2) is 66.7 Å². The summed E-state index contributed by atoms with van der Waals surface area (Å²) in [6, 6.07) is 20.7. The number of benzene rings is 3. The van der Waals surface area contributed by atoms with E-state index in [0.717, 1.165) is 12.0 Å². The summed E-state index contributed by atoms with van der Waals surface area (Å²) in [5, 5.41) is 0. The molecule has 228 valence electrons.